The summed E-state index contributed by atoms with van der Waals surface area (Å²) in [5, 5.41) is 1.03. The van der Waals surface area contributed by atoms with E-state index < -0.39 is 0 Å². The van der Waals surface area contributed by atoms with Crippen LogP contribution in [0.2, 0.25) is 10.0 Å². The number of rotatable bonds is 3. The van der Waals surface area contributed by atoms with E-state index in [1.54, 1.807) is 17.0 Å². The number of carbonyl (C=O) groups is 2. The fraction of sp³-hybridized carbons (Fsp3) is 0.360. The Labute approximate surface area is 187 Å². The van der Waals surface area contributed by atoms with E-state index in [-0.39, 0.29) is 29.4 Å². The molecule has 0 saturated carbocycles. The van der Waals surface area contributed by atoms with Gasteiger partial charge in [0, 0.05) is 45.8 Å². The van der Waals surface area contributed by atoms with Gasteiger partial charge in [0.15, 0.2) is 5.78 Å². The molecule has 4 rings (SSSR count). The van der Waals surface area contributed by atoms with E-state index in [9.17, 15) is 9.59 Å². The second-order valence-corrected chi connectivity index (χ2v) is 9.82. The topological polar surface area (TPSA) is 37.4 Å². The summed E-state index contributed by atoms with van der Waals surface area (Å²) in [6.07, 6.45) is 2.27. The van der Waals surface area contributed by atoms with Crippen LogP contribution in [0.1, 0.15) is 57.1 Å². The van der Waals surface area contributed by atoms with Gasteiger partial charge in [0.25, 0.3) is 0 Å². The molecule has 1 unspecified atom stereocenters. The number of amides is 1. The summed E-state index contributed by atoms with van der Waals surface area (Å²) in [5.41, 5.74) is 4.14. The van der Waals surface area contributed by atoms with Crippen molar-refractivity contribution in [2.24, 2.45) is 5.41 Å². The average molecular weight is 442 g/mol. The standard InChI is InChI=1S/C25H25Cl2NO2/c1-4-15-5-8-17(9-6-15)28-21-13-25(2,3)14-22(29)24(21)19(12-23(28)30)18-10-7-16(26)11-20(18)27/h5-11,19H,4,12-14H2,1-3H3. The molecule has 0 N–H and O–H groups in total. The summed E-state index contributed by atoms with van der Waals surface area (Å²) >= 11 is 12.6. The van der Waals surface area contributed by atoms with Crippen molar-refractivity contribution in [2.45, 2.75) is 52.4 Å². The molecule has 1 atom stereocenters. The molecule has 1 aliphatic carbocycles. The average Bonchev–Trinajstić information content (AvgIpc) is 2.66. The number of anilines is 1. The molecule has 5 heteroatoms. The van der Waals surface area contributed by atoms with Gasteiger partial charge in [0.1, 0.15) is 0 Å². The van der Waals surface area contributed by atoms with E-state index in [1.807, 2.05) is 30.3 Å². The number of ketones is 1. The number of hydrogen-bond acceptors (Lipinski definition) is 2. The Morgan fingerprint density at radius 2 is 1.73 bits per heavy atom. The zero-order chi connectivity index (χ0) is 21.6. The normalized spacial score (nSPS) is 21.1. The molecule has 2 aromatic rings. The maximum Gasteiger partial charge on any atom is 0.232 e. The molecule has 30 heavy (non-hydrogen) atoms. The molecular formula is C25H25Cl2NO2. The second kappa shape index (κ2) is 7.86. The first-order valence-electron chi connectivity index (χ1n) is 10.3. The minimum absolute atomic E-state index is 0.0143. The molecule has 1 aliphatic heterocycles. The van der Waals surface area contributed by atoms with Crippen LogP contribution >= 0.6 is 23.2 Å². The molecule has 0 aromatic heterocycles. The quantitative estimate of drug-likeness (QED) is 0.529. The lowest BCUT2D eigenvalue weighted by molar-refractivity contribution is -0.121. The first kappa shape index (κ1) is 21.1. The number of benzene rings is 2. The van der Waals surface area contributed by atoms with E-state index >= 15 is 0 Å². The molecule has 0 bridgehead atoms. The van der Waals surface area contributed by atoms with Crippen molar-refractivity contribution in [1.82, 2.24) is 0 Å². The van der Waals surface area contributed by atoms with Gasteiger partial charge in [-0.2, -0.15) is 0 Å². The SMILES string of the molecule is CCc1ccc(N2C(=O)CC(c3ccc(Cl)cc3Cl)C3=C2CC(C)(C)CC3=O)cc1. The van der Waals surface area contributed by atoms with Crippen LogP contribution < -0.4 is 4.90 Å². The van der Waals surface area contributed by atoms with Gasteiger partial charge in [-0.3, -0.25) is 14.5 Å². The van der Waals surface area contributed by atoms with Crippen molar-refractivity contribution in [3.8, 4) is 0 Å². The number of halogens is 2. The lowest BCUT2D eigenvalue weighted by Crippen LogP contribution is -2.43. The van der Waals surface area contributed by atoms with Gasteiger partial charge in [-0.1, -0.05) is 62.2 Å². The maximum absolute atomic E-state index is 13.4. The van der Waals surface area contributed by atoms with Gasteiger partial charge in [-0.15, -0.1) is 0 Å². The van der Waals surface area contributed by atoms with Crippen LogP contribution in [0.3, 0.4) is 0 Å². The Morgan fingerprint density at radius 3 is 2.37 bits per heavy atom. The first-order valence-corrected chi connectivity index (χ1v) is 11.1. The molecule has 0 radical (unpaired) electrons. The van der Waals surface area contributed by atoms with Crippen LogP contribution in [0.25, 0.3) is 0 Å². The van der Waals surface area contributed by atoms with E-state index in [1.165, 1.54) is 5.56 Å². The van der Waals surface area contributed by atoms with Gasteiger partial charge in [0.05, 0.1) is 0 Å². The first-order chi connectivity index (χ1) is 14.2. The Bertz CT molecular complexity index is 1050. The number of Topliss-reactive ketones (excluding diaryl/α,β-unsaturated/α-hetero) is 1. The number of aryl methyl sites for hydroxylation is 1. The Balaban J connectivity index is 1.88. The number of carbonyl (C=O) groups excluding carboxylic acids is 2. The third kappa shape index (κ3) is 3.81. The largest absolute Gasteiger partial charge is 0.294 e. The third-order valence-corrected chi connectivity index (χ3v) is 6.65. The van der Waals surface area contributed by atoms with Crippen molar-refractivity contribution in [2.75, 3.05) is 4.90 Å². The summed E-state index contributed by atoms with van der Waals surface area (Å²) in [6.45, 7) is 6.26. The number of hydrogen-bond donors (Lipinski definition) is 0. The third-order valence-electron chi connectivity index (χ3n) is 6.08. The highest BCUT2D eigenvalue weighted by atomic mass is 35.5. The predicted molar refractivity (Wildman–Crippen MR) is 122 cm³/mol. The summed E-state index contributed by atoms with van der Waals surface area (Å²) in [4.78, 5) is 28.5. The molecule has 1 amide bonds. The molecule has 2 aliphatic rings. The lowest BCUT2D eigenvalue weighted by atomic mass is 9.69. The van der Waals surface area contributed by atoms with Crippen molar-refractivity contribution < 1.29 is 9.59 Å². The zero-order valence-electron chi connectivity index (χ0n) is 17.5. The molecule has 3 nitrogen and oxygen atoms in total. The molecule has 0 saturated heterocycles. The van der Waals surface area contributed by atoms with Gasteiger partial charge in [-0.25, -0.2) is 0 Å². The highest BCUT2D eigenvalue weighted by molar-refractivity contribution is 6.35. The van der Waals surface area contributed by atoms with Gasteiger partial charge < -0.3 is 0 Å². The van der Waals surface area contributed by atoms with Gasteiger partial charge in [0.2, 0.25) is 5.91 Å². The van der Waals surface area contributed by atoms with Crippen LogP contribution in [0.5, 0.6) is 0 Å². The zero-order valence-corrected chi connectivity index (χ0v) is 19.0. The van der Waals surface area contributed by atoms with Crippen LogP contribution in [0, 0.1) is 5.41 Å². The fourth-order valence-corrected chi connectivity index (χ4v) is 5.19. The van der Waals surface area contributed by atoms with Crippen LogP contribution in [-0.2, 0) is 16.0 Å². The second-order valence-electron chi connectivity index (χ2n) is 8.97. The predicted octanol–water partition coefficient (Wildman–Crippen LogP) is 6.72. The van der Waals surface area contributed by atoms with Crippen molar-refractivity contribution in [3.05, 3.63) is 74.9 Å². The highest BCUT2D eigenvalue weighted by Crippen LogP contribution is 2.49. The Hall–Kier alpha value is -2.10. The van der Waals surface area contributed by atoms with E-state index in [4.69, 9.17) is 23.2 Å². The molecule has 2 aromatic carbocycles. The molecule has 1 heterocycles. The smallest absolute Gasteiger partial charge is 0.232 e. The maximum atomic E-state index is 13.4. The minimum atomic E-state index is -0.341. The number of nitrogens with zero attached hydrogens (tertiary/aromatic N) is 1. The van der Waals surface area contributed by atoms with Crippen molar-refractivity contribution >= 4 is 40.6 Å². The fourth-order valence-electron chi connectivity index (χ4n) is 4.65. The molecule has 156 valence electrons. The minimum Gasteiger partial charge on any atom is -0.294 e. The van der Waals surface area contributed by atoms with Crippen LogP contribution in [0.4, 0.5) is 5.69 Å². The number of allylic oxidation sites excluding steroid dienone is 2. The summed E-state index contributed by atoms with van der Waals surface area (Å²) in [6, 6.07) is 13.3. The van der Waals surface area contributed by atoms with E-state index in [0.717, 1.165) is 28.9 Å². The monoisotopic (exact) mass is 441 g/mol. The summed E-state index contributed by atoms with van der Waals surface area (Å²) in [5.74, 6) is -0.258. The Kier molecular flexibility index (Phi) is 5.54. The van der Waals surface area contributed by atoms with E-state index in [2.05, 4.69) is 20.8 Å². The molecular weight excluding hydrogens is 417 g/mol. The van der Waals surface area contributed by atoms with Crippen molar-refractivity contribution in [1.29, 1.82) is 0 Å². The van der Waals surface area contributed by atoms with Crippen molar-refractivity contribution in [3.63, 3.8) is 0 Å². The molecule has 0 spiro atoms. The summed E-state index contributed by atoms with van der Waals surface area (Å²) < 4.78 is 0. The van der Waals surface area contributed by atoms with Gasteiger partial charge >= 0.3 is 0 Å². The van der Waals surface area contributed by atoms with Gasteiger partial charge in [-0.05, 0) is 53.6 Å². The molecule has 0 fully saturated rings. The van der Waals surface area contributed by atoms with E-state index in [0.29, 0.717) is 22.9 Å². The lowest BCUT2D eigenvalue weighted by Gasteiger charge is -2.43. The van der Waals surface area contributed by atoms with Crippen LogP contribution in [-0.4, -0.2) is 11.7 Å². The summed E-state index contributed by atoms with van der Waals surface area (Å²) in [7, 11) is 0. The Morgan fingerprint density at radius 1 is 1.03 bits per heavy atom. The highest BCUT2D eigenvalue weighted by Gasteiger charge is 2.44. The van der Waals surface area contributed by atoms with Crippen LogP contribution in [0.15, 0.2) is 53.7 Å².